The Balaban J connectivity index is 1.39. The van der Waals surface area contributed by atoms with Gasteiger partial charge in [-0.05, 0) is 81.2 Å². The molecular formula is C35H37F2N7O. The van der Waals surface area contributed by atoms with Crippen LogP contribution in [0.15, 0.2) is 65.1 Å². The van der Waals surface area contributed by atoms with Crippen molar-refractivity contribution >= 4 is 28.4 Å². The third-order valence-electron chi connectivity index (χ3n) is 8.25. The van der Waals surface area contributed by atoms with Gasteiger partial charge in [0.2, 0.25) is 5.95 Å². The first-order valence-corrected chi connectivity index (χ1v) is 15.4. The maximum Gasteiger partial charge on any atom is 0.268 e. The summed E-state index contributed by atoms with van der Waals surface area (Å²) in [5.74, 6) is 5.68. The maximum absolute atomic E-state index is 15.4. The van der Waals surface area contributed by atoms with E-state index in [0.717, 1.165) is 63.1 Å². The number of hydrogen-bond acceptors (Lipinski definition) is 7. The van der Waals surface area contributed by atoms with Crippen molar-refractivity contribution in [2.45, 2.75) is 32.2 Å². The highest BCUT2D eigenvalue weighted by molar-refractivity contribution is 5.78. The number of allylic oxidation sites excluding steroid dienone is 2. The first kappa shape index (κ1) is 30.4. The molecule has 1 saturated heterocycles. The third kappa shape index (κ3) is 7.06. The summed E-state index contributed by atoms with van der Waals surface area (Å²) in [5.41, 5.74) is 3.59. The molecule has 0 amide bonds. The van der Waals surface area contributed by atoms with Gasteiger partial charge in [0.05, 0.1) is 17.8 Å². The normalized spacial score (nSPS) is 14.9. The number of anilines is 3. The van der Waals surface area contributed by atoms with Crippen LogP contribution in [0.25, 0.3) is 11.0 Å². The number of aromatic nitrogens is 3. The van der Waals surface area contributed by atoms with Crippen LogP contribution in [-0.4, -0.2) is 66.3 Å². The van der Waals surface area contributed by atoms with E-state index in [0.29, 0.717) is 40.0 Å². The molecule has 1 aliphatic heterocycles. The molecule has 0 spiro atoms. The molecule has 8 nitrogen and oxygen atoms in total. The maximum atomic E-state index is 15.4. The fourth-order valence-corrected chi connectivity index (χ4v) is 5.78. The van der Waals surface area contributed by atoms with E-state index in [4.69, 9.17) is 4.98 Å². The SMILES string of the molecule is CN(C)CCc1cccc(F)c1Cn1c(=O)c(C#CC2=CCCC2)cc2cnc(Nc3ccc(N4CCNCC4)c(F)c3)nc21. The number of nitrogens with one attached hydrogen (secondary N) is 2. The minimum Gasteiger partial charge on any atom is -0.367 e. The monoisotopic (exact) mass is 609 g/mol. The Hall–Kier alpha value is -4.59. The quantitative estimate of drug-likeness (QED) is 0.277. The highest BCUT2D eigenvalue weighted by Gasteiger charge is 2.18. The molecule has 3 heterocycles. The Morgan fingerprint density at radius 3 is 2.67 bits per heavy atom. The number of rotatable bonds is 8. The Morgan fingerprint density at radius 2 is 1.91 bits per heavy atom. The first-order valence-electron chi connectivity index (χ1n) is 15.4. The van der Waals surface area contributed by atoms with Crippen molar-refractivity contribution < 1.29 is 8.78 Å². The van der Waals surface area contributed by atoms with Gasteiger partial charge in [0.25, 0.3) is 5.56 Å². The van der Waals surface area contributed by atoms with E-state index in [2.05, 4.69) is 33.5 Å². The molecule has 4 aromatic rings. The molecule has 0 radical (unpaired) electrons. The van der Waals surface area contributed by atoms with Gasteiger partial charge >= 0.3 is 0 Å². The molecule has 0 bridgehead atoms. The van der Waals surface area contributed by atoms with E-state index in [-0.39, 0.29) is 29.7 Å². The molecule has 0 saturated carbocycles. The zero-order chi connectivity index (χ0) is 31.3. The lowest BCUT2D eigenvalue weighted by Crippen LogP contribution is -2.43. The predicted molar refractivity (Wildman–Crippen MR) is 175 cm³/mol. The van der Waals surface area contributed by atoms with Crippen molar-refractivity contribution in [2.75, 3.05) is 57.0 Å². The van der Waals surface area contributed by atoms with Gasteiger partial charge in [0.1, 0.15) is 17.3 Å². The summed E-state index contributed by atoms with van der Waals surface area (Å²) in [6.07, 6.45) is 7.28. The fourth-order valence-electron chi connectivity index (χ4n) is 5.78. The highest BCUT2D eigenvalue weighted by atomic mass is 19.1. The molecule has 0 atom stereocenters. The molecule has 232 valence electrons. The summed E-state index contributed by atoms with van der Waals surface area (Å²) in [5, 5.41) is 6.96. The molecule has 2 aromatic heterocycles. The molecule has 1 fully saturated rings. The summed E-state index contributed by atoms with van der Waals surface area (Å²) >= 11 is 0. The van der Waals surface area contributed by atoms with Gasteiger partial charge in [-0.25, -0.2) is 13.8 Å². The van der Waals surface area contributed by atoms with Crippen molar-refractivity contribution in [3.8, 4) is 11.8 Å². The van der Waals surface area contributed by atoms with Gasteiger partial charge in [-0.15, -0.1) is 0 Å². The molecule has 1 aliphatic carbocycles. The molecule has 0 unspecified atom stereocenters. The van der Waals surface area contributed by atoms with E-state index < -0.39 is 0 Å². The lowest BCUT2D eigenvalue weighted by atomic mass is 10.0. The van der Waals surface area contributed by atoms with E-state index in [9.17, 15) is 4.79 Å². The Morgan fingerprint density at radius 1 is 1.07 bits per heavy atom. The van der Waals surface area contributed by atoms with Gasteiger partial charge < -0.3 is 20.4 Å². The summed E-state index contributed by atoms with van der Waals surface area (Å²) < 4.78 is 32.0. The van der Waals surface area contributed by atoms with E-state index >= 15 is 8.78 Å². The first-order chi connectivity index (χ1) is 21.9. The van der Waals surface area contributed by atoms with Gasteiger partial charge in [-0.1, -0.05) is 30.0 Å². The zero-order valence-electron chi connectivity index (χ0n) is 25.7. The summed E-state index contributed by atoms with van der Waals surface area (Å²) in [6.45, 7) is 3.79. The second-order valence-corrected chi connectivity index (χ2v) is 11.8. The van der Waals surface area contributed by atoms with Crippen LogP contribution in [0.3, 0.4) is 0 Å². The Labute approximate surface area is 261 Å². The van der Waals surface area contributed by atoms with Crippen molar-refractivity contribution in [2.24, 2.45) is 0 Å². The number of fused-ring (bicyclic) bond motifs is 1. The number of likely N-dealkylation sites (N-methyl/N-ethyl adjacent to an activating group) is 1. The highest BCUT2D eigenvalue weighted by Crippen LogP contribution is 2.26. The van der Waals surface area contributed by atoms with Gasteiger partial charge in [-0.2, -0.15) is 4.98 Å². The Bertz CT molecular complexity index is 1870. The van der Waals surface area contributed by atoms with Gasteiger partial charge in [0, 0.05) is 55.6 Å². The molecule has 45 heavy (non-hydrogen) atoms. The lowest BCUT2D eigenvalue weighted by Gasteiger charge is -2.29. The largest absolute Gasteiger partial charge is 0.367 e. The van der Waals surface area contributed by atoms with E-state index in [1.807, 2.05) is 30.0 Å². The molecule has 10 heteroatoms. The van der Waals surface area contributed by atoms with Crippen LogP contribution in [0, 0.1) is 23.5 Å². The lowest BCUT2D eigenvalue weighted by molar-refractivity contribution is 0.412. The standard InChI is InChI=1S/C35H37F2N7O/c1-42(2)17-14-25-8-5-9-30(36)29(25)23-44-33-27(20-26(34(44)45)11-10-24-6-3-4-7-24)22-39-35(41-33)40-28-12-13-32(31(37)21-28)43-18-15-38-16-19-43/h5-6,8-9,12-13,20-22,38H,3-4,7,14-19,23H2,1-2H3,(H,39,40,41). The topological polar surface area (TPSA) is 78.3 Å². The fraction of sp³-hybridized carbons (Fsp3) is 0.343. The number of halogens is 2. The Kier molecular flexibility index (Phi) is 9.19. The number of pyridine rings is 1. The molecule has 2 aliphatic rings. The van der Waals surface area contributed by atoms with Crippen LogP contribution in [0.1, 0.15) is 36.0 Å². The van der Waals surface area contributed by atoms with Crippen molar-refractivity contribution in [1.29, 1.82) is 0 Å². The van der Waals surface area contributed by atoms with Crippen molar-refractivity contribution in [3.05, 3.63) is 99.0 Å². The van der Waals surface area contributed by atoms with Gasteiger partial charge in [0.15, 0.2) is 0 Å². The van der Waals surface area contributed by atoms with Crippen LogP contribution < -0.4 is 21.1 Å². The van der Waals surface area contributed by atoms with Crippen LogP contribution in [-0.2, 0) is 13.0 Å². The van der Waals surface area contributed by atoms with Crippen LogP contribution in [0.4, 0.5) is 26.1 Å². The summed E-state index contributed by atoms with van der Waals surface area (Å²) in [7, 11) is 3.93. The second-order valence-electron chi connectivity index (χ2n) is 11.8. The van der Waals surface area contributed by atoms with Crippen molar-refractivity contribution in [3.63, 3.8) is 0 Å². The van der Waals surface area contributed by atoms with Crippen LogP contribution >= 0.6 is 0 Å². The minimum absolute atomic E-state index is 0.0204. The smallest absolute Gasteiger partial charge is 0.268 e. The van der Waals surface area contributed by atoms with Crippen LogP contribution in [0.2, 0.25) is 0 Å². The number of piperazine rings is 1. The average Bonchev–Trinajstić information content (AvgIpc) is 3.56. The molecular weight excluding hydrogens is 572 g/mol. The van der Waals surface area contributed by atoms with Crippen molar-refractivity contribution in [1.82, 2.24) is 24.8 Å². The van der Waals surface area contributed by atoms with E-state index in [1.165, 1.54) is 16.7 Å². The second kappa shape index (κ2) is 13.6. The number of hydrogen-bond donors (Lipinski definition) is 2. The number of nitrogens with zero attached hydrogens (tertiary/aromatic N) is 5. The predicted octanol–water partition coefficient (Wildman–Crippen LogP) is 4.84. The molecule has 6 rings (SSSR count). The zero-order valence-corrected chi connectivity index (χ0v) is 25.7. The minimum atomic E-state index is -0.383. The van der Waals surface area contributed by atoms with Crippen LogP contribution in [0.5, 0.6) is 0 Å². The average molecular weight is 610 g/mol. The van der Waals surface area contributed by atoms with Gasteiger partial charge in [-0.3, -0.25) is 9.36 Å². The molecule has 2 aromatic carbocycles. The number of benzene rings is 2. The summed E-state index contributed by atoms with van der Waals surface area (Å²) in [4.78, 5) is 27.2. The third-order valence-corrected chi connectivity index (χ3v) is 8.25. The summed E-state index contributed by atoms with van der Waals surface area (Å²) in [6, 6.07) is 11.6. The van der Waals surface area contributed by atoms with E-state index in [1.54, 1.807) is 30.5 Å². The molecule has 2 N–H and O–H groups in total.